The highest BCUT2D eigenvalue weighted by Crippen LogP contribution is 2.30. The lowest BCUT2D eigenvalue weighted by molar-refractivity contribution is -0.910. The molecule has 7 heterocycles. The third kappa shape index (κ3) is 12.4. The number of carboxylic acids is 2. The van der Waals surface area contributed by atoms with Crippen molar-refractivity contribution in [3.8, 4) is 21.1 Å². The molecular formula is C45H53N6O11S3+. The van der Waals surface area contributed by atoms with E-state index >= 15 is 0 Å². The number of nitrogens with zero attached hydrogens (tertiary/aromatic N) is 6. The van der Waals surface area contributed by atoms with Gasteiger partial charge in [0.1, 0.15) is 21.2 Å². The summed E-state index contributed by atoms with van der Waals surface area (Å²) in [6.45, 7) is 11.9. The van der Waals surface area contributed by atoms with Crippen molar-refractivity contribution in [2.45, 2.75) is 39.0 Å². The number of hydrogen-bond acceptors (Lipinski definition) is 16. The van der Waals surface area contributed by atoms with Crippen LogP contribution in [-0.4, -0.2) is 135 Å². The molecular weight excluding hydrogens is 897 g/mol. The van der Waals surface area contributed by atoms with Gasteiger partial charge in [-0.05, 0) is 56.3 Å². The molecule has 0 bridgehead atoms. The van der Waals surface area contributed by atoms with Gasteiger partial charge in [-0.2, -0.15) is 8.42 Å². The molecule has 3 aliphatic rings. The number of thiazole rings is 2. The number of aliphatic carboxylic acids is 2. The van der Waals surface area contributed by atoms with Crippen molar-refractivity contribution in [3.63, 3.8) is 0 Å². The number of piperazine rings is 2. The van der Waals surface area contributed by atoms with Crippen LogP contribution in [0.4, 0.5) is 11.4 Å². The molecule has 346 valence electrons. The Balaban J connectivity index is 0.000000170. The largest absolute Gasteiger partial charge is 0.481 e. The fourth-order valence-corrected chi connectivity index (χ4v) is 10.3. The first-order valence-corrected chi connectivity index (χ1v) is 24.8. The van der Waals surface area contributed by atoms with Crippen molar-refractivity contribution in [2.75, 3.05) is 95.2 Å². The van der Waals surface area contributed by atoms with Crippen LogP contribution < -0.4 is 21.1 Å². The first kappa shape index (κ1) is 47.5. The summed E-state index contributed by atoms with van der Waals surface area (Å²) in [5.41, 5.74) is 3.90. The molecule has 6 aromatic rings. The maximum atomic E-state index is 12.6. The number of rotatable bonds is 11. The molecule has 3 fully saturated rings. The summed E-state index contributed by atoms with van der Waals surface area (Å²) in [6, 6.07) is 15.4. The zero-order chi connectivity index (χ0) is 46.3. The van der Waals surface area contributed by atoms with Gasteiger partial charge < -0.3 is 38.2 Å². The maximum Gasteiger partial charge on any atom is 0.346 e. The van der Waals surface area contributed by atoms with Crippen LogP contribution in [0.25, 0.3) is 43.1 Å². The molecule has 2 aromatic carbocycles. The van der Waals surface area contributed by atoms with Crippen LogP contribution >= 0.6 is 22.7 Å². The number of anilines is 2. The van der Waals surface area contributed by atoms with Crippen molar-refractivity contribution in [3.05, 3.63) is 91.5 Å². The second-order valence-corrected chi connectivity index (χ2v) is 20.1. The molecule has 0 radical (unpaired) electrons. The Morgan fingerprint density at radius 1 is 0.754 bits per heavy atom. The quantitative estimate of drug-likeness (QED) is 0.0913. The van der Waals surface area contributed by atoms with E-state index in [1.165, 1.54) is 42.1 Å². The Morgan fingerprint density at radius 3 is 1.66 bits per heavy atom. The SMILES string of the molecule is CCCC[N+]1(C)CCN(c2ccc3cc(-c4nc(CC(=O)O)cs4)c(=O)oc3c2)CC1.CN1CCN(c2ccc3cc(-c4nc(CC(=O)O)cs4)c(=O)oc3c2)CC1.O=S1(=O)CCCO1. The predicted molar refractivity (Wildman–Crippen MR) is 252 cm³/mol. The highest BCUT2D eigenvalue weighted by atomic mass is 32.2. The van der Waals surface area contributed by atoms with Crippen LogP contribution in [0, 0.1) is 0 Å². The molecule has 65 heavy (non-hydrogen) atoms. The molecule has 0 spiro atoms. The van der Waals surface area contributed by atoms with Gasteiger partial charge in [0.15, 0.2) is 0 Å². The van der Waals surface area contributed by atoms with E-state index in [2.05, 4.69) is 55.9 Å². The minimum Gasteiger partial charge on any atom is -0.481 e. The van der Waals surface area contributed by atoms with Gasteiger partial charge in [0.25, 0.3) is 10.1 Å². The average Bonchev–Trinajstić information content (AvgIpc) is 4.04. The molecule has 3 aliphatic heterocycles. The molecule has 17 nitrogen and oxygen atoms in total. The monoisotopic (exact) mass is 949 g/mol. The number of quaternary nitrogens is 1. The highest BCUT2D eigenvalue weighted by Gasteiger charge is 2.28. The molecule has 20 heteroatoms. The van der Waals surface area contributed by atoms with E-state index in [-0.39, 0.29) is 18.6 Å². The van der Waals surface area contributed by atoms with Crippen LogP contribution in [0.5, 0.6) is 0 Å². The summed E-state index contributed by atoms with van der Waals surface area (Å²) in [6.07, 6.45) is 2.82. The van der Waals surface area contributed by atoms with Crippen LogP contribution in [-0.2, 0) is 36.7 Å². The number of fused-ring (bicyclic) bond motifs is 2. The first-order valence-electron chi connectivity index (χ1n) is 21.4. The van der Waals surface area contributed by atoms with Crippen molar-refractivity contribution in [2.24, 2.45) is 0 Å². The Hall–Kier alpha value is -5.51. The van der Waals surface area contributed by atoms with Crippen molar-refractivity contribution in [1.82, 2.24) is 14.9 Å². The van der Waals surface area contributed by atoms with Crippen LogP contribution in [0.1, 0.15) is 37.6 Å². The van der Waals surface area contributed by atoms with E-state index in [1.54, 1.807) is 22.9 Å². The fraction of sp³-hybridized carbons (Fsp3) is 0.422. The molecule has 4 aromatic heterocycles. The van der Waals surface area contributed by atoms with E-state index in [0.717, 1.165) is 79.0 Å². The second-order valence-electron chi connectivity index (χ2n) is 16.6. The van der Waals surface area contributed by atoms with Crippen molar-refractivity contribution < 1.29 is 45.7 Å². The summed E-state index contributed by atoms with van der Waals surface area (Å²) in [5, 5.41) is 23.7. The summed E-state index contributed by atoms with van der Waals surface area (Å²) in [4.78, 5) is 62.2. The average molecular weight is 950 g/mol. The van der Waals surface area contributed by atoms with Crippen molar-refractivity contribution in [1.29, 1.82) is 0 Å². The maximum absolute atomic E-state index is 12.6. The van der Waals surface area contributed by atoms with Gasteiger partial charge in [-0.25, -0.2) is 19.6 Å². The van der Waals surface area contributed by atoms with Gasteiger partial charge in [-0.15, -0.1) is 22.7 Å². The van der Waals surface area contributed by atoms with E-state index in [1.807, 2.05) is 30.3 Å². The molecule has 2 N–H and O–H groups in total. The number of benzene rings is 2. The summed E-state index contributed by atoms with van der Waals surface area (Å²) in [7, 11) is 1.41. The Morgan fingerprint density at radius 2 is 1.25 bits per heavy atom. The highest BCUT2D eigenvalue weighted by molar-refractivity contribution is 7.86. The van der Waals surface area contributed by atoms with E-state index in [0.29, 0.717) is 56.7 Å². The summed E-state index contributed by atoms with van der Waals surface area (Å²) in [5.74, 6) is -1.70. The van der Waals surface area contributed by atoms with Crippen molar-refractivity contribution >= 4 is 78.0 Å². The zero-order valence-corrected chi connectivity index (χ0v) is 39.0. The fourth-order valence-electron chi connectivity index (χ4n) is 7.74. The van der Waals surface area contributed by atoms with E-state index in [9.17, 15) is 27.6 Å². The Kier molecular flexibility index (Phi) is 15.2. The van der Waals surface area contributed by atoms with Gasteiger partial charge in [0, 0.05) is 71.2 Å². The van der Waals surface area contributed by atoms with Gasteiger partial charge >= 0.3 is 23.2 Å². The third-order valence-corrected chi connectivity index (χ3v) is 14.7. The molecule has 0 aliphatic carbocycles. The zero-order valence-electron chi connectivity index (χ0n) is 36.6. The second kappa shape index (κ2) is 20.8. The number of aromatic nitrogens is 2. The van der Waals surface area contributed by atoms with Crippen LogP contribution in [0.15, 0.2) is 77.7 Å². The number of carboxylic acid groups (broad SMARTS) is 2. The van der Waals surface area contributed by atoms with E-state index in [4.69, 9.17) is 19.0 Å². The summed E-state index contributed by atoms with van der Waals surface area (Å²) < 4.78 is 37.0. The molecule has 0 atom stereocenters. The summed E-state index contributed by atoms with van der Waals surface area (Å²) >= 11 is 2.50. The lowest BCUT2D eigenvalue weighted by Crippen LogP contribution is -2.57. The molecule has 9 rings (SSSR count). The number of hydrogen-bond donors (Lipinski definition) is 2. The molecule has 0 amide bonds. The van der Waals surface area contributed by atoms with Gasteiger partial charge in [0.2, 0.25) is 0 Å². The third-order valence-electron chi connectivity index (χ3n) is 11.6. The standard InChI is InChI=1S/C23H27N3O4S.C19H19N3O4S.C3H6O3S/c1-3-4-9-26(2)10-7-25(8-11-26)18-6-5-16-12-19(23(29)30-20(16)14-18)22-24-17(15-31-22)13-21(27)28;1-21-4-6-22(7-5-21)14-3-2-12-8-15(19(25)26-16(12)10-14)18-20-13(11-27-18)9-17(23)24;4-7(5)3-1-2-6-7/h5-6,12,14-15H,3-4,7-11,13H2,1-2H3;2-3,8,10-11H,4-7,9H2,1H3,(H,23,24);1-3H2/p+1. The Bertz CT molecular complexity index is 2860. The van der Waals surface area contributed by atoms with Gasteiger partial charge in [-0.3, -0.25) is 13.8 Å². The minimum atomic E-state index is -3.05. The molecule has 0 saturated carbocycles. The van der Waals surface area contributed by atoms with Crippen LogP contribution in [0.3, 0.4) is 0 Å². The van der Waals surface area contributed by atoms with Gasteiger partial charge in [-0.1, -0.05) is 13.3 Å². The number of carbonyl (C=O) groups is 2. The van der Waals surface area contributed by atoms with E-state index < -0.39 is 33.3 Å². The smallest absolute Gasteiger partial charge is 0.346 e. The number of likely N-dealkylation sites (N-methyl/N-ethyl adjacent to an activating group) is 2. The Labute approximate surface area is 383 Å². The molecule has 0 unspecified atom stereocenters. The predicted octanol–water partition coefficient (Wildman–Crippen LogP) is 5.64. The number of unbranched alkanes of at least 4 members (excludes halogenated alkanes) is 1. The molecule has 3 saturated heterocycles. The minimum absolute atomic E-state index is 0.162. The topological polar surface area (TPSA) is 214 Å². The van der Waals surface area contributed by atoms with Gasteiger partial charge in [0.05, 0.1) is 87.5 Å². The first-order chi connectivity index (χ1) is 31.1. The lowest BCUT2D eigenvalue weighted by atomic mass is 10.1. The lowest BCUT2D eigenvalue weighted by Gasteiger charge is -2.43. The van der Waals surface area contributed by atoms with Crippen LogP contribution in [0.2, 0.25) is 0 Å². The normalized spacial score (nSPS) is 17.0.